The van der Waals surface area contributed by atoms with Gasteiger partial charge in [-0.05, 0) is 44.5 Å². The first-order valence-electron chi connectivity index (χ1n) is 6.30. The summed E-state index contributed by atoms with van der Waals surface area (Å²) >= 11 is 0. The van der Waals surface area contributed by atoms with E-state index in [9.17, 15) is 4.79 Å². The third-order valence-corrected chi connectivity index (χ3v) is 2.49. The smallest absolute Gasteiger partial charge is 0.248 e. The Morgan fingerprint density at radius 1 is 1.44 bits per heavy atom. The second-order valence-electron chi connectivity index (χ2n) is 4.51. The number of ether oxygens (including phenoxy) is 1. The van der Waals surface area contributed by atoms with Crippen LogP contribution in [0.3, 0.4) is 0 Å². The Bertz CT molecular complexity index is 378. The maximum Gasteiger partial charge on any atom is 0.248 e. The van der Waals surface area contributed by atoms with Gasteiger partial charge in [0, 0.05) is 18.7 Å². The van der Waals surface area contributed by atoms with Crippen LogP contribution < -0.4 is 11.1 Å². The van der Waals surface area contributed by atoms with Crippen LogP contribution in [0.2, 0.25) is 0 Å². The van der Waals surface area contributed by atoms with Crippen LogP contribution in [0, 0.1) is 0 Å². The van der Waals surface area contributed by atoms with Crippen LogP contribution >= 0.6 is 0 Å². The predicted octanol–water partition coefficient (Wildman–Crippen LogP) is 1.69. The average molecular weight is 250 g/mol. The van der Waals surface area contributed by atoms with E-state index >= 15 is 0 Å². The number of rotatable bonds is 8. The molecule has 100 valence electrons. The molecule has 0 saturated carbocycles. The summed E-state index contributed by atoms with van der Waals surface area (Å²) in [6.45, 7) is 6.47. The van der Waals surface area contributed by atoms with Crippen LogP contribution in [-0.2, 0) is 11.3 Å². The van der Waals surface area contributed by atoms with Crippen LogP contribution in [0.25, 0.3) is 0 Å². The highest BCUT2D eigenvalue weighted by Crippen LogP contribution is 2.04. The van der Waals surface area contributed by atoms with Gasteiger partial charge < -0.3 is 15.8 Å². The Labute approximate surface area is 109 Å². The van der Waals surface area contributed by atoms with E-state index in [1.54, 1.807) is 6.07 Å². The minimum atomic E-state index is -0.387. The summed E-state index contributed by atoms with van der Waals surface area (Å²) in [4.78, 5) is 11.0. The lowest BCUT2D eigenvalue weighted by Crippen LogP contribution is -2.18. The van der Waals surface area contributed by atoms with Crippen LogP contribution in [0.15, 0.2) is 24.3 Å². The maximum atomic E-state index is 11.0. The van der Waals surface area contributed by atoms with E-state index in [0.29, 0.717) is 5.56 Å². The van der Waals surface area contributed by atoms with Gasteiger partial charge in [-0.3, -0.25) is 4.79 Å². The number of carbonyl (C=O) groups is 1. The number of nitrogens with two attached hydrogens (primary N) is 1. The molecule has 0 heterocycles. The van der Waals surface area contributed by atoms with Crippen molar-refractivity contribution in [3.63, 3.8) is 0 Å². The number of carbonyl (C=O) groups excluding carboxylic acids is 1. The van der Waals surface area contributed by atoms with Gasteiger partial charge in [0.1, 0.15) is 0 Å². The van der Waals surface area contributed by atoms with Gasteiger partial charge in [0.15, 0.2) is 0 Å². The second kappa shape index (κ2) is 7.84. The van der Waals surface area contributed by atoms with Gasteiger partial charge in [-0.25, -0.2) is 0 Å². The van der Waals surface area contributed by atoms with Crippen molar-refractivity contribution >= 4 is 5.91 Å². The Morgan fingerprint density at radius 3 is 2.89 bits per heavy atom. The molecule has 0 atom stereocenters. The van der Waals surface area contributed by atoms with E-state index in [4.69, 9.17) is 10.5 Å². The molecule has 0 aliphatic heterocycles. The van der Waals surface area contributed by atoms with Gasteiger partial charge in [-0.15, -0.1) is 0 Å². The van der Waals surface area contributed by atoms with Crippen molar-refractivity contribution in [3.05, 3.63) is 35.4 Å². The van der Waals surface area contributed by atoms with Crippen LogP contribution in [-0.4, -0.2) is 25.2 Å². The summed E-state index contributed by atoms with van der Waals surface area (Å²) in [7, 11) is 0. The molecule has 0 spiro atoms. The Kier molecular flexibility index (Phi) is 6.39. The van der Waals surface area contributed by atoms with E-state index < -0.39 is 0 Å². The normalized spacial score (nSPS) is 10.8. The highest BCUT2D eigenvalue weighted by atomic mass is 16.5. The number of nitrogens with one attached hydrogen (secondary N) is 1. The second-order valence-corrected chi connectivity index (χ2v) is 4.51. The molecule has 0 bridgehead atoms. The molecule has 0 unspecified atom stereocenters. The Hall–Kier alpha value is -1.39. The molecular weight excluding hydrogens is 228 g/mol. The number of primary amides is 1. The zero-order valence-corrected chi connectivity index (χ0v) is 11.1. The summed E-state index contributed by atoms with van der Waals surface area (Å²) in [5.74, 6) is -0.387. The largest absolute Gasteiger partial charge is 0.379 e. The molecule has 1 aromatic carbocycles. The molecule has 1 rings (SSSR count). The third kappa shape index (κ3) is 5.80. The molecule has 1 amide bonds. The standard InChI is InChI=1S/C14H22N2O2/c1-11(2)18-8-4-7-16-10-12-5-3-6-13(9-12)14(15)17/h3,5-6,9,11,16H,4,7-8,10H2,1-2H3,(H2,15,17). The fraction of sp³-hybridized carbons (Fsp3) is 0.500. The summed E-state index contributed by atoms with van der Waals surface area (Å²) in [6.07, 6.45) is 1.27. The molecule has 18 heavy (non-hydrogen) atoms. The number of hydrogen-bond acceptors (Lipinski definition) is 3. The van der Waals surface area contributed by atoms with Gasteiger partial charge >= 0.3 is 0 Å². The molecule has 0 aliphatic rings. The quantitative estimate of drug-likeness (QED) is 0.690. The topological polar surface area (TPSA) is 64.3 Å². The van der Waals surface area contributed by atoms with Crippen molar-refractivity contribution in [1.29, 1.82) is 0 Å². The molecule has 4 heteroatoms. The molecule has 1 aromatic rings. The third-order valence-electron chi connectivity index (χ3n) is 2.49. The molecule has 0 aromatic heterocycles. The van der Waals surface area contributed by atoms with E-state index in [-0.39, 0.29) is 12.0 Å². The van der Waals surface area contributed by atoms with Crippen molar-refractivity contribution < 1.29 is 9.53 Å². The molecule has 0 saturated heterocycles. The maximum absolute atomic E-state index is 11.0. The number of benzene rings is 1. The van der Waals surface area contributed by atoms with Crippen molar-refractivity contribution in [3.8, 4) is 0 Å². The highest BCUT2D eigenvalue weighted by molar-refractivity contribution is 5.92. The average Bonchev–Trinajstić information content (AvgIpc) is 2.33. The molecule has 4 nitrogen and oxygen atoms in total. The minimum absolute atomic E-state index is 0.289. The van der Waals surface area contributed by atoms with E-state index in [1.807, 2.05) is 32.0 Å². The van der Waals surface area contributed by atoms with Crippen LogP contribution in [0.5, 0.6) is 0 Å². The first-order chi connectivity index (χ1) is 8.59. The fourth-order valence-electron chi connectivity index (χ4n) is 1.58. The van der Waals surface area contributed by atoms with Gasteiger partial charge in [0.05, 0.1) is 6.10 Å². The highest BCUT2D eigenvalue weighted by Gasteiger charge is 2.00. The lowest BCUT2D eigenvalue weighted by atomic mass is 10.1. The zero-order valence-electron chi connectivity index (χ0n) is 11.1. The van der Waals surface area contributed by atoms with Crippen molar-refractivity contribution in [1.82, 2.24) is 5.32 Å². The van der Waals surface area contributed by atoms with Crippen molar-refractivity contribution in [2.24, 2.45) is 5.73 Å². The number of hydrogen-bond donors (Lipinski definition) is 2. The number of amides is 1. The minimum Gasteiger partial charge on any atom is -0.379 e. The van der Waals surface area contributed by atoms with Crippen molar-refractivity contribution in [2.45, 2.75) is 32.9 Å². The molecule has 3 N–H and O–H groups in total. The fourth-order valence-corrected chi connectivity index (χ4v) is 1.58. The van der Waals surface area contributed by atoms with Gasteiger partial charge in [-0.2, -0.15) is 0 Å². The monoisotopic (exact) mass is 250 g/mol. The van der Waals surface area contributed by atoms with E-state index in [1.165, 1.54) is 0 Å². The zero-order chi connectivity index (χ0) is 13.4. The van der Waals surface area contributed by atoms with Crippen LogP contribution in [0.1, 0.15) is 36.2 Å². The van der Waals surface area contributed by atoms with E-state index in [0.717, 1.165) is 31.7 Å². The SMILES string of the molecule is CC(C)OCCCNCc1cccc(C(N)=O)c1. The molecule has 0 radical (unpaired) electrons. The summed E-state index contributed by atoms with van der Waals surface area (Å²) in [6, 6.07) is 7.37. The van der Waals surface area contributed by atoms with Gasteiger partial charge in [-0.1, -0.05) is 12.1 Å². The Morgan fingerprint density at radius 2 is 2.22 bits per heavy atom. The van der Waals surface area contributed by atoms with Crippen LogP contribution in [0.4, 0.5) is 0 Å². The lowest BCUT2D eigenvalue weighted by Gasteiger charge is -2.08. The first-order valence-corrected chi connectivity index (χ1v) is 6.30. The molecular formula is C14H22N2O2. The summed E-state index contributed by atoms with van der Waals surface area (Å²) in [5.41, 5.74) is 6.85. The summed E-state index contributed by atoms with van der Waals surface area (Å²) in [5, 5.41) is 3.31. The lowest BCUT2D eigenvalue weighted by molar-refractivity contribution is 0.0770. The van der Waals surface area contributed by atoms with Gasteiger partial charge in [0.25, 0.3) is 0 Å². The Balaban J connectivity index is 2.23. The summed E-state index contributed by atoms with van der Waals surface area (Å²) < 4.78 is 5.44. The molecule has 0 aliphatic carbocycles. The predicted molar refractivity (Wildman–Crippen MR) is 72.4 cm³/mol. The van der Waals surface area contributed by atoms with Gasteiger partial charge in [0.2, 0.25) is 5.91 Å². The first kappa shape index (κ1) is 14.7. The van der Waals surface area contributed by atoms with E-state index in [2.05, 4.69) is 5.32 Å². The molecule has 0 fully saturated rings. The van der Waals surface area contributed by atoms with Crippen molar-refractivity contribution in [2.75, 3.05) is 13.2 Å².